The van der Waals surface area contributed by atoms with E-state index in [1.165, 1.54) is 0 Å². The van der Waals surface area contributed by atoms with Gasteiger partial charge in [0.25, 0.3) is 7.26 Å². The van der Waals surface area contributed by atoms with Crippen molar-refractivity contribution in [3.63, 3.8) is 0 Å². The topological polar surface area (TPSA) is 52.6 Å². The highest BCUT2D eigenvalue weighted by atomic mass is 127. The van der Waals surface area contributed by atoms with E-state index in [-0.39, 0.29) is 30.6 Å². The van der Waals surface area contributed by atoms with E-state index >= 15 is 0 Å². The Morgan fingerprint density at radius 3 is 2.14 bits per heavy atom. The molecule has 4 nitrogen and oxygen atoms in total. The molecule has 0 saturated heterocycles. The number of hydrogen-bond acceptors (Lipinski definition) is 4. The van der Waals surface area contributed by atoms with Gasteiger partial charge in [-0.3, -0.25) is 0 Å². The summed E-state index contributed by atoms with van der Waals surface area (Å²) in [5.74, 6) is 0. The molecule has 1 atom stereocenters. The molecule has 0 N–H and O–H groups in total. The molecule has 0 bridgehead atoms. The Kier molecular flexibility index (Phi) is 9.79. The Balaban J connectivity index is 0.00000400. The van der Waals surface area contributed by atoms with Crippen molar-refractivity contribution in [1.29, 1.82) is 0 Å². The third-order valence-electron chi connectivity index (χ3n) is 2.99. The second-order valence-electron chi connectivity index (χ2n) is 4.51. The van der Waals surface area contributed by atoms with Crippen molar-refractivity contribution in [3.05, 3.63) is 30.3 Å². The van der Waals surface area contributed by atoms with Crippen LogP contribution < -0.4 is 29.3 Å². The van der Waals surface area contributed by atoms with E-state index in [9.17, 15) is 9.59 Å². The fourth-order valence-corrected chi connectivity index (χ4v) is 3.77. The molecule has 0 radical (unpaired) electrons. The van der Waals surface area contributed by atoms with E-state index in [1.54, 1.807) is 25.7 Å². The van der Waals surface area contributed by atoms with Gasteiger partial charge in [-0.15, -0.1) is 0 Å². The molecular weight excluding hydrogens is 402 g/mol. The fourth-order valence-electron chi connectivity index (χ4n) is 1.70. The molecule has 1 unspecified atom stereocenters. The minimum atomic E-state index is -2.78. The lowest BCUT2D eigenvalue weighted by molar-refractivity contribution is -0.0000141. The number of carbonyl (C=O) groups is 2. The summed E-state index contributed by atoms with van der Waals surface area (Å²) in [6.45, 7) is 6.01. The van der Waals surface area contributed by atoms with E-state index in [2.05, 4.69) is 0 Å². The van der Waals surface area contributed by atoms with Gasteiger partial charge in [0.05, 0.1) is 19.9 Å². The molecule has 0 heterocycles. The molecule has 0 aliphatic carbocycles. The van der Waals surface area contributed by atoms with Crippen LogP contribution in [0.4, 0.5) is 9.59 Å². The first-order chi connectivity index (χ1) is 9.57. The van der Waals surface area contributed by atoms with Crippen LogP contribution in [-0.2, 0) is 9.47 Å². The predicted octanol–water partition coefficient (Wildman–Crippen LogP) is 1.06. The first kappa shape index (κ1) is 20.3. The summed E-state index contributed by atoms with van der Waals surface area (Å²) >= 11 is 0. The summed E-state index contributed by atoms with van der Waals surface area (Å²) in [5, 5.41) is 0.694. The van der Waals surface area contributed by atoms with E-state index in [0.717, 1.165) is 12.8 Å². The van der Waals surface area contributed by atoms with Crippen molar-refractivity contribution in [3.8, 4) is 0 Å². The summed E-state index contributed by atoms with van der Waals surface area (Å²) in [7, 11) is -2.78. The summed E-state index contributed by atoms with van der Waals surface area (Å²) in [6, 6.07) is 9.04. The predicted molar refractivity (Wildman–Crippen MR) is 82.2 cm³/mol. The standard InChI is InChI=1S/C15H22O4P.HI/c1-4-6-12-19-15(17)20(3,14(16)18-5-2)13-10-8-7-9-11-13;/h7-11H,4-6,12H2,1-3H3;1H/q+1;/p-1. The fraction of sp³-hybridized carbons (Fsp3) is 0.467. The van der Waals surface area contributed by atoms with Crippen LogP contribution in [0.2, 0.25) is 0 Å². The Bertz CT molecular complexity index is 452. The molecule has 1 rings (SSSR count). The quantitative estimate of drug-likeness (QED) is 0.373. The number of ether oxygens (including phenoxy) is 2. The number of halogens is 1. The van der Waals surface area contributed by atoms with E-state index < -0.39 is 18.7 Å². The number of unbranched alkanes of at least 4 members (excludes halogenated alkanes) is 1. The maximum Gasteiger partial charge on any atom is 0.468 e. The molecular formula is C15H22IO4P. The lowest BCUT2D eigenvalue weighted by Crippen LogP contribution is -3.00. The SMILES string of the molecule is CCCCOC(=O)[P+](C)(C(=O)OCC)c1ccccc1.[I-]. The average molecular weight is 424 g/mol. The minimum absolute atomic E-state index is 0. The van der Waals surface area contributed by atoms with Crippen LogP contribution in [0.15, 0.2) is 30.3 Å². The molecule has 0 aliphatic rings. The molecule has 21 heavy (non-hydrogen) atoms. The van der Waals surface area contributed by atoms with Gasteiger partial charge < -0.3 is 33.5 Å². The summed E-state index contributed by atoms with van der Waals surface area (Å²) in [4.78, 5) is 24.6. The van der Waals surface area contributed by atoms with Crippen molar-refractivity contribution in [2.75, 3.05) is 19.9 Å². The van der Waals surface area contributed by atoms with E-state index in [4.69, 9.17) is 9.47 Å². The van der Waals surface area contributed by atoms with Gasteiger partial charge in [0.15, 0.2) is 0 Å². The maximum atomic E-state index is 12.4. The lowest BCUT2D eigenvalue weighted by Gasteiger charge is -2.17. The third kappa shape index (κ3) is 5.22. The van der Waals surface area contributed by atoms with E-state index in [0.29, 0.717) is 11.9 Å². The van der Waals surface area contributed by atoms with Gasteiger partial charge in [-0.2, -0.15) is 0 Å². The van der Waals surface area contributed by atoms with Crippen molar-refractivity contribution in [2.24, 2.45) is 0 Å². The van der Waals surface area contributed by atoms with Crippen molar-refractivity contribution in [2.45, 2.75) is 26.7 Å². The van der Waals surface area contributed by atoms with Crippen molar-refractivity contribution < 1.29 is 43.0 Å². The molecule has 1 aromatic rings. The zero-order chi connectivity index (χ0) is 15.0. The molecule has 0 aliphatic heterocycles. The van der Waals surface area contributed by atoms with Gasteiger partial charge in [0.2, 0.25) is 0 Å². The Labute approximate surface area is 143 Å². The van der Waals surface area contributed by atoms with Crippen molar-refractivity contribution >= 4 is 24.0 Å². The molecule has 0 fully saturated rings. The first-order valence-electron chi connectivity index (χ1n) is 6.84. The molecule has 1 aromatic carbocycles. The monoisotopic (exact) mass is 424 g/mol. The van der Waals surface area contributed by atoms with Gasteiger partial charge in [-0.1, -0.05) is 31.5 Å². The molecule has 0 spiro atoms. The third-order valence-corrected chi connectivity index (χ3v) is 6.04. The second kappa shape index (κ2) is 10.1. The lowest BCUT2D eigenvalue weighted by atomic mass is 10.4. The smallest absolute Gasteiger partial charge is 0.468 e. The highest BCUT2D eigenvalue weighted by molar-refractivity contribution is 8.08. The molecule has 0 amide bonds. The number of benzene rings is 1. The normalized spacial score (nSPS) is 12.7. The van der Waals surface area contributed by atoms with Crippen molar-refractivity contribution in [1.82, 2.24) is 0 Å². The second-order valence-corrected chi connectivity index (χ2v) is 7.77. The van der Waals surface area contributed by atoms with Gasteiger partial charge in [0.1, 0.15) is 5.30 Å². The maximum absolute atomic E-state index is 12.4. The minimum Gasteiger partial charge on any atom is -1.00 e. The highest BCUT2D eigenvalue weighted by Crippen LogP contribution is 2.57. The van der Waals surface area contributed by atoms with Gasteiger partial charge in [-0.05, 0) is 25.5 Å². The van der Waals surface area contributed by atoms with Crippen LogP contribution in [-0.4, -0.2) is 31.3 Å². The zero-order valence-electron chi connectivity index (χ0n) is 12.7. The van der Waals surface area contributed by atoms with Gasteiger partial charge >= 0.3 is 11.4 Å². The number of hydrogen-bond donors (Lipinski definition) is 0. The van der Waals surface area contributed by atoms with Gasteiger partial charge in [0, 0.05) is 0 Å². The van der Waals surface area contributed by atoms with Crippen LogP contribution in [0, 0.1) is 0 Å². The van der Waals surface area contributed by atoms with Crippen LogP contribution in [0.1, 0.15) is 26.7 Å². The average Bonchev–Trinajstić information content (AvgIpc) is 2.47. The molecule has 118 valence electrons. The van der Waals surface area contributed by atoms with Gasteiger partial charge in [-0.25, -0.2) is 9.59 Å². The Hall–Kier alpha value is -0.680. The van der Waals surface area contributed by atoms with Crippen LogP contribution in [0.3, 0.4) is 0 Å². The zero-order valence-corrected chi connectivity index (χ0v) is 15.7. The number of rotatable bonds is 7. The van der Waals surface area contributed by atoms with Crippen LogP contribution in [0.5, 0.6) is 0 Å². The molecule has 6 heteroatoms. The summed E-state index contributed by atoms with van der Waals surface area (Å²) < 4.78 is 10.4. The first-order valence-corrected chi connectivity index (χ1v) is 9.07. The summed E-state index contributed by atoms with van der Waals surface area (Å²) in [6.07, 6.45) is 1.73. The highest BCUT2D eigenvalue weighted by Gasteiger charge is 2.56. The van der Waals surface area contributed by atoms with Crippen LogP contribution >= 0.6 is 7.26 Å². The Morgan fingerprint density at radius 2 is 1.62 bits per heavy atom. The Morgan fingerprint density at radius 1 is 1.05 bits per heavy atom. The molecule has 0 saturated carbocycles. The van der Waals surface area contributed by atoms with Crippen LogP contribution in [0.25, 0.3) is 0 Å². The number of carbonyl (C=O) groups excluding carboxylic acids is 2. The van der Waals surface area contributed by atoms with E-state index in [1.807, 2.05) is 25.1 Å². The summed E-state index contributed by atoms with van der Waals surface area (Å²) in [5.41, 5.74) is -0.914. The largest absolute Gasteiger partial charge is 1.00 e. The molecule has 0 aromatic heterocycles.